The van der Waals surface area contributed by atoms with Gasteiger partial charge in [-0.15, -0.1) is 0 Å². The summed E-state index contributed by atoms with van der Waals surface area (Å²) >= 11 is 0. The van der Waals surface area contributed by atoms with Gasteiger partial charge in [0.2, 0.25) is 11.8 Å². The van der Waals surface area contributed by atoms with Gasteiger partial charge in [0.15, 0.2) is 0 Å². The van der Waals surface area contributed by atoms with Crippen LogP contribution in [-0.2, 0) is 19.1 Å². The second-order valence-electron chi connectivity index (χ2n) is 8.02. The van der Waals surface area contributed by atoms with Gasteiger partial charge in [0.25, 0.3) is 0 Å². The lowest BCUT2D eigenvalue weighted by Crippen LogP contribution is -2.53. The number of hydrogen-bond donors (Lipinski definition) is 3. The molecule has 2 amide bonds. The summed E-state index contributed by atoms with van der Waals surface area (Å²) in [6.07, 6.45) is 0.801. The van der Waals surface area contributed by atoms with Gasteiger partial charge in [-0.1, -0.05) is 30.3 Å². The fraction of sp³-hybridized carbons (Fsp3) is 0.636. The lowest BCUT2D eigenvalue weighted by atomic mass is 9.96. The van der Waals surface area contributed by atoms with Crippen molar-refractivity contribution in [2.75, 3.05) is 39.5 Å². The second-order valence-corrected chi connectivity index (χ2v) is 8.02. The largest absolute Gasteiger partial charge is 0.394 e. The van der Waals surface area contributed by atoms with Crippen molar-refractivity contribution >= 4 is 11.8 Å². The molecule has 0 aromatic heterocycles. The summed E-state index contributed by atoms with van der Waals surface area (Å²) in [5, 5.41) is 15.7. The highest BCUT2D eigenvalue weighted by molar-refractivity contribution is 5.78. The number of benzene rings is 1. The molecule has 1 aromatic carbocycles. The number of carbonyl (C=O) groups excluding carboxylic acids is 2. The fourth-order valence-electron chi connectivity index (χ4n) is 3.99. The van der Waals surface area contributed by atoms with Crippen LogP contribution < -0.4 is 10.6 Å². The Labute approximate surface area is 177 Å². The van der Waals surface area contributed by atoms with E-state index in [4.69, 9.17) is 9.47 Å². The third kappa shape index (κ3) is 6.77. The Bertz CT molecular complexity index is 681. The summed E-state index contributed by atoms with van der Waals surface area (Å²) in [6, 6.07) is 9.47. The van der Waals surface area contributed by atoms with E-state index in [2.05, 4.69) is 15.5 Å². The number of hydrogen-bond acceptors (Lipinski definition) is 6. The average Bonchev–Trinajstić information content (AvgIpc) is 2.76. The summed E-state index contributed by atoms with van der Waals surface area (Å²) in [4.78, 5) is 26.8. The van der Waals surface area contributed by atoms with Crippen molar-refractivity contribution in [2.24, 2.45) is 0 Å². The van der Waals surface area contributed by atoms with Gasteiger partial charge < -0.3 is 25.2 Å². The molecule has 2 aliphatic rings. The first kappa shape index (κ1) is 22.7. The zero-order chi connectivity index (χ0) is 21.3. The highest BCUT2D eigenvalue weighted by Crippen LogP contribution is 2.22. The number of nitrogens with zero attached hydrogens (tertiary/aromatic N) is 1. The molecule has 2 aliphatic heterocycles. The van der Waals surface area contributed by atoms with Gasteiger partial charge in [0.05, 0.1) is 51.0 Å². The van der Waals surface area contributed by atoms with Crippen LogP contribution >= 0.6 is 0 Å². The molecule has 30 heavy (non-hydrogen) atoms. The summed E-state index contributed by atoms with van der Waals surface area (Å²) in [7, 11) is 0. The average molecular weight is 420 g/mol. The number of carbonyl (C=O) groups is 2. The van der Waals surface area contributed by atoms with Crippen molar-refractivity contribution in [3.63, 3.8) is 0 Å². The van der Waals surface area contributed by atoms with Crippen LogP contribution in [-0.4, -0.2) is 79.5 Å². The molecule has 8 heteroatoms. The summed E-state index contributed by atoms with van der Waals surface area (Å²) in [5.74, 6) is -0.153. The molecule has 166 valence electrons. The lowest BCUT2D eigenvalue weighted by Gasteiger charge is -2.36. The van der Waals surface area contributed by atoms with E-state index in [1.165, 1.54) is 0 Å². The Balaban J connectivity index is 1.43. The molecule has 0 radical (unpaired) electrons. The highest BCUT2D eigenvalue weighted by Gasteiger charge is 2.33. The molecule has 3 rings (SSSR count). The van der Waals surface area contributed by atoms with Crippen molar-refractivity contribution in [1.29, 1.82) is 0 Å². The van der Waals surface area contributed by atoms with E-state index in [1.54, 1.807) is 0 Å². The molecule has 0 aliphatic carbocycles. The van der Waals surface area contributed by atoms with Crippen molar-refractivity contribution in [3.8, 4) is 0 Å². The first-order chi connectivity index (χ1) is 14.5. The van der Waals surface area contributed by atoms with E-state index in [-0.39, 0.29) is 43.0 Å². The molecule has 0 unspecified atom stereocenters. The third-order valence-corrected chi connectivity index (χ3v) is 5.70. The zero-order valence-electron chi connectivity index (χ0n) is 17.6. The molecule has 1 aromatic rings. The number of nitrogens with one attached hydrogen (secondary N) is 2. The van der Waals surface area contributed by atoms with Crippen LogP contribution in [0.3, 0.4) is 0 Å². The topological polar surface area (TPSA) is 100 Å². The van der Waals surface area contributed by atoms with Gasteiger partial charge in [-0.2, -0.15) is 0 Å². The molecule has 3 N–H and O–H groups in total. The molecule has 0 saturated carbocycles. The van der Waals surface area contributed by atoms with E-state index in [0.717, 1.165) is 18.7 Å². The molecule has 2 saturated heterocycles. The minimum atomic E-state index is -0.503. The van der Waals surface area contributed by atoms with Crippen LogP contribution in [0.5, 0.6) is 0 Å². The van der Waals surface area contributed by atoms with E-state index in [1.807, 2.05) is 37.3 Å². The SMILES string of the molecule is C[C@H](NC(=O)C[C@@H]1CC[C@@H](NC(=O)CN2CCOCC2)[C@@H](CO)O1)c1ccccc1. The van der Waals surface area contributed by atoms with Crippen LogP contribution in [0.2, 0.25) is 0 Å². The first-order valence-electron chi connectivity index (χ1n) is 10.7. The van der Waals surface area contributed by atoms with Crippen molar-refractivity contribution < 1.29 is 24.2 Å². The van der Waals surface area contributed by atoms with Crippen molar-refractivity contribution in [1.82, 2.24) is 15.5 Å². The highest BCUT2D eigenvalue weighted by atomic mass is 16.5. The van der Waals surface area contributed by atoms with Crippen LogP contribution in [0.4, 0.5) is 0 Å². The standard InChI is InChI=1S/C22H33N3O5/c1-16(17-5-3-2-4-6-17)23-21(27)13-18-7-8-19(20(15-26)30-18)24-22(28)14-25-9-11-29-12-10-25/h2-6,16,18-20,26H,7-15H2,1H3,(H,23,27)(H,24,28)/t16-,18-,19+,20+/m0/s1. The van der Waals surface area contributed by atoms with Crippen molar-refractivity contribution in [2.45, 2.75) is 50.5 Å². The summed E-state index contributed by atoms with van der Waals surface area (Å²) in [6.45, 7) is 4.86. The molecule has 8 nitrogen and oxygen atoms in total. The van der Waals surface area contributed by atoms with Crippen LogP contribution in [0, 0.1) is 0 Å². The van der Waals surface area contributed by atoms with E-state index in [9.17, 15) is 14.7 Å². The predicted molar refractivity (Wildman–Crippen MR) is 112 cm³/mol. The third-order valence-electron chi connectivity index (χ3n) is 5.70. The van der Waals surface area contributed by atoms with Gasteiger partial charge >= 0.3 is 0 Å². The Morgan fingerprint density at radius 2 is 1.90 bits per heavy atom. The zero-order valence-corrected chi connectivity index (χ0v) is 17.6. The Hall–Kier alpha value is -2.00. The van der Waals surface area contributed by atoms with Gasteiger partial charge in [-0.3, -0.25) is 14.5 Å². The molecule has 2 fully saturated rings. The number of ether oxygens (including phenoxy) is 2. The molecule has 2 heterocycles. The molecular weight excluding hydrogens is 386 g/mol. The van der Waals surface area contributed by atoms with Crippen molar-refractivity contribution in [3.05, 3.63) is 35.9 Å². The molecule has 4 atom stereocenters. The summed E-state index contributed by atoms with van der Waals surface area (Å²) in [5.41, 5.74) is 1.05. The maximum atomic E-state index is 12.4. The minimum absolute atomic E-state index is 0.0724. The van der Waals surface area contributed by atoms with Gasteiger partial charge in [-0.05, 0) is 25.3 Å². The maximum absolute atomic E-state index is 12.4. The van der Waals surface area contributed by atoms with Crippen LogP contribution in [0.15, 0.2) is 30.3 Å². The number of morpholine rings is 1. The smallest absolute Gasteiger partial charge is 0.234 e. The predicted octanol–water partition coefficient (Wildman–Crippen LogP) is 0.611. The fourth-order valence-corrected chi connectivity index (χ4v) is 3.99. The first-order valence-corrected chi connectivity index (χ1v) is 10.7. The molecule has 0 spiro atoms. The maximum Gasteiger partial charge on any atom is 0.234 e. The Morgan fingerprint density at radius 3 is 2.60 bits per heavy atom. The van der Waals surface area contributed by atoms with Gasteiger partial charge in [0.1, 0.15) is 6.10 Å². The number of aliphatic hydroxyl groups excluding tert-OH is 1. The van der Waals surface area contributed by atoms with E-state index >= 15 is 0 Å². The molecular formula is C22H33N3O5. The summed E-state index contributed by atoms with van der Waals surface area (Å²) < 4.78 is 11.2. The van der Waals surface area contributed by atoms with Gasteiger partial charge in [-0.25, -0.2) is 0 Å². The van der Waals surface area contributed by atoms with Gasteiger partial charge in [0, 0.05) is 13.1 Å². The van der Waals surface area contributed by atoms with E-state index in [0.29, 0.717) is 32.6 Å². The van der Waals surface area contributed by atoms with Crippen LogP contribution in [0.1, 0.15) is 37.8 Å². The normalized spacial score (nSPS) is 26.0. The second kappa shape index (κ2) is 11.4. The monoisotopic (exact) mass is 419 g/mol. The Morgan fingerprint density at radius 1 is 1.17 bits per heavy atom. The Kier molecular flexibility index (Phi) is 8.62. The van der Waals surface area contributed by atoms with Crippen LogP contribution in [0.25, 0.3) is 0 Å². The van der Waals surface area contributed by atoms with E-state index < -0.39 is 6.10 Å². The minimum Gasteiger partial charge on any atom is -0.394 e. The molecule has 0 bridgehead atoms. The number of aliphatic hydroxyl groups is 1. The lowest BCUT2D eigenvalue weighted by molar-refractivity contribution is -0.137. The quantitative estimate of drug-likeness (QED) is 0.571. The number of rotatable bonds is 8. The number of amides is 2.